The van der Waals surface area contributed by atoms with Gasteiger partial charge in [0, 0.05) is 13.0 Å². The largest absolute Gasteiger partial charge is 0.350 e. The molecule has 1 heterocycles. The molecule has 1 aliphatic rings. The number of carbonyl (C=O) groups excluding carboxylic acids is 2. The predicted molar refractivity (Wildman–Crippen MR) is 92.3 cm³/mol. The highest BCUT2D eigenvalue weighted by atomic mass is 32.2. The average Bonchev–Trinajstić information content (AvgIpc) is 2.80. The van der Waals surface area contributed by atoms with E-state index in [-0.39, 0.29) is 35.4 Å². The molecule has 0 saturated carbocycles. The lowest BCUT2D eigenvalue weighted by Gasteiger charge is -2.17. The number of nitrogens with zero attached hydrogens (tertiary/aromatic N) is 1. The van der Waals surface area contributed by atoms with Gasteiger partial charge >= 0.3 is 0 Å². The van der Waals surface area contributed by atoms with E-state index >= 15 is 0 Å². The molecule has 3 rings (SSSR count). The van der Waals surface area contributed by atoms with E-state index < -0.39 is 15.9 Å². The second-order valence-corrected chi connectivity index (χ2v) is 7.66. The van der Waals surface area contributed by atoms with Gasteiger partial charge in [0.2, 0.25) is 5.91 Å². The minimum atomic E-state index is -3.87. The third kappa shape index (κ3) is 3.28. The monoisotopic (exact) mass is 358 g/mol. The molecule has 130 valence electrons. The maximum Gasteiger partial charge on any atom is 0.269 e. The van der Waals surface area contributed by atoms with Gasteiger partial charge in [0.25, 0.3) is 15.9 Å². The second kappa shape index (κ2) is 6.68. The highest BCUT2D eigenvalue weighted by Crippen LogP contribution is 2.29. The molecule has 2 amide bonds. The molecule has 1 aliphatic heterocycles. The fraction of sp³-hybridized carbons (Fsp3) is 0.222. The van der Waals surface area contributed by atoms with Crippen LogP contribution in [0.1, 0.15) is 35.3 Å². The van der Waals surface area contributed by atoms with Crippen LogP contribution >= 0.6 is 0 Å². The van der Waals surface area contributed by atoms with Crippen LogP contribution in [0.3, 0.4) is 0 Å². The second-order valence-electron chi connectivity index (χ2n) is 5.83. The van der Waals surface area contributed by atoms with E-state index in [4.69, 9.17) is 0 Å². The summed E-state index contributed by atoms with van der Waals surface area (Å²) in [6, 6.07) is 15.3. The summed E-state index contributed by atoms with van der Waals surface area (Å²) in [6.45, 7) is 1.67. The van der Waals surface area contributed by atoms with Crippen molar-refractivity contribution in [1.82, 2.24) is 9.62 Å². The van der Waals surface area contributed by atoms with Gasteiger partial charge in [-0.15, -0.1) is 0 Å². The molecule has 0 saturated heterocycles. The van der Waals surface area contributed by atoms with E-state index in [9.17, 15) is 18.0 Å². The van der Waals surface area contributed by atoms with Gasteiger partial charge < -0.3 is 5.32 Å². The third-order valence-electron chi connectivity index (χ3n) is 4.13. The summed E-state index contributed by atoms with van der Waals surface area (Å²) < 4.78 is 25.6. The molecular weight excluding hydrogens is 340 g/mol. The van der Waals surface area contributed by atoms with Crippen LogP contribution in [0.2, 0.25) is 0 Å². The lowest BCUT2D eigenvalue weighted by Crippen LogP contribution is -2.35. The fourth-order valence-corrected chi connectivity index (χ4v) is 4.36. The molecule has 0 bridgehead atoms. The quantitative estimate of drug-likeness (QED) is 0.887. The Kier molecular flexibility index (Phi) is 4.59. The highest BCUT2D eigenvalue weighted by molar-refractivity contribution is 7.90. The van der Waals surface area contributed by atoms with Gasteiger partial charge in [-0.05, 0) is 24.6 Å². The summed E-state index contributed by atoms with van der Waals surface area (Å²) in [5.41, 5.74) is 1.11. The maximum absolute atomic E-state index is 12.4. The number of carbonyl (C=O) groups is 2. The van der Waals surface area contributed by atoms with E-state index in [1.807, 2.05) is 37.3 Å². The number of sulfonamides is 1. The van der Waals surface area contributed by atoms with Crippen molar-refractivity contribution < 1.29 is 18.0 Å². The van der Waals surface area contributed by atoms with Crippen LogP contribution in [0.15, 0.2) is 59.5 Å². The van der Waals surface area contributed by atoms with E-state index in [0.29, 0.717) is 0 Å². The minimum absolute atomic E-state index is 0.00179. The first-order valence-corrected chi connectivity index (χ1v) is 9.35. The van der Waals surface area contributed by atoms with Crippen LogP contribution < -0.4 is 5.32 Å². The van der Waals surface area contributed by atoms with Crippen LogP contribution in [-0.4, -0.2) is 31.1 Å². The molecule has 0 unspecified atom stereocenters. The first kappa shape index (κ1) is 17.2. The molecule has 0 radical (unpaired) electrons. The Labute approximate surface area is 146 Å². The van der Waals surface area contributed by atoms with E-state index in [1.165, 1.54) is 12.1 Å². The number of nitrogens with one attached hydrogen (secondary N) is 1. The van der Waals surface area contributed by atoms with Crippen molar-refractivity contribution in [1.29, 1.82) is 0 Å². The standard InChI is InChI=1S/C18H18N2O4S/c1-13(14-7-3-2-4-8-14)19-17(21)11-12-20-18(22)15-9-5-6-10-16(15)25(20,23)24/h2-10,13H,11-12H2,1H3,(H,19,21)/t13-/m0/s1. The molecule has 0 spiro atoms. The summed E-state index contributed by atoms with van der Waals surface area (Å²) in [5.74, 6) is -0.894. The predicted octanol–water partition coefficient (Wildman–Crippen LogP) is 2.10. The van der Waals surface area contributed by atoms with Crippen molar-refractivity contribution in [2.45, 2.75) is 24.3 Å². The van der Waals surface area contributed by atoms with Gasteiger partial charge in [-0.25, -0.2) is 12.7 Å². The number of fused-ring (bicyclic) bond motifs is 1. The van der Waals surface area contributed by atoms with Crippen LogP contribution in [0.4, 0.5) is 0 Å². The van der Waals surface area contributed by atoms with E-state index in [1.54, 1.807) is 12.1 Å². The SMILES string of the molecule is C[C@H](NC(=O)CCN1C(=O)c2ccccc2S1(=O)=O)c1ccccc1. The zero-order valence-electron chi connectivity index (χ0n) is 13.7. The van der Waals surface area contributed by atoms with Crippen molar-refractivity contribution in [3.63, 3.8) is 0 Å². The first-order chi connectivity index (χ1) is 11.9. The summed E-state index contributed by atoms with van der Waals surface area (Å²) in [7, 11) is -3.87. The Hall–Kier alpha value is -2.67. The van der Waals surface area contributed by atoms with Crippen molar-refractivity contribution in [3.05, 3.63) is 65.7 Å². The number of hydrogen-bond acceptors (Lipinski definition) is 4. The smallest absolute Gasteiger partial charge is 0.269 e. The molecule has 2 aromatic carbocycles. The summed E-state index contributed by atoms with van der Waals surface area (Å²) in [4.78, 5) is 24.4. The van der Waals surface area contributed by atoms with Crippen molar-refractivity contribution in [3.8, 4) is 0 Å². The molecule has 25 heavy (non-hydrogen) atoms. The highest BCUT2D eigenvalue weighted by Gasteiger charge is 2.40. The summed E-state index contributed by atoms with van der Waals surface area (Å²) >= 11 is 0. The van der Waals surface area contributed by atoms with Gasteiger partial charge in [0.15, 0.2) is 0 Å². The average molecular weight is 358 g/mol. The lowest BCUT2D eigenvalue weighted by molar-refractivity contribution is -0.121. The number of benzene rings is 2. The molecule has 0 fully saturated rings. The molecule has 2 aromatic rings. The Morgan fingerprint density at radius 1 is 1.08 bits per heavy atom. The summed E-state index contributed by atoms with van der Waals surface area (Å²) in [6.07, 6.45) is -0.0872. The van der Waals surface area contributed by atoms with Crippen LogP contribution in [-0.2, 0) is 14.8 Å². The van der Waals surface area contributed by atoms with E-state index in [0.717, 1.165) is 9.87 Å². The minimum Gasteiger partial charge on any atom is -0.350 e. The van der Waals surface area contributed by atoms with Gasteiger partial charge in [0.05, 0.1) is 11.6 Å². The topological polar surface area (TPSA) is 83.6 Å². The Morgan fingerprint density at radius 2 is 1.72 bits per heavy atom. The van der Waals surface area contributed by atoms with Gasteiger partial charge in [0.1, 0.15) is 4.90 Å². The molecule has 6 nitrogen and oxygen atoms in total. The Bertz CT molecular complexity index is 910. The third-order valence-corrected chi connectivity index (χ3v) is 5.97. The van der Waals surface area contributed by atoms with Crippen molar-refractivity contribution >= 4 is 21.8 Å². The van der Waals surface area contributed by atoms with Crippen LogP contribution in [0, 0.1) is 0 Å². The van der Waals surface area contributed by atoms with Gasteiger partial charge in [-0.1, -0.05) is 42.5 Å². The van der Waals surface area contributed by atoms with Crippen molar-refractivity contribution in [2.24, 2.45) is 0 Å². The molecular formula is C18H18N2O4S. The molecule has 1 atom stereocenters. The van der Waals surface area contributed by atoms with Crippen LogP contribution in [0.25, 0.3) is 0 Å². The normalized spacial score (nSPS) is 16.4. The lowest BCUT2D eigenvalue weighted by atomic mass is 10.1. The van der Waals surface area contributed by atoms with E-state index in [2.05, 4.69) is 5.32 Å². The molecule has 1 N–H and O–H groups in total. The number of hydrogen-bond donors (Lipinski definition) is 1. The summed E-state index contributed by atoms with van der Waals surface area (Å²) in [5, 5.41) is 2.81. The van der Waals surface area contributed by atoms with Crippen molar-refractivity contribution in [2.75, 3.05) is 6.54 Å². The van der Waals surface area contributed by atoms with Gasteiger partial charge in [-0.2, -0.15) is 0 Å². The van der Waals surface area contributed by atoms with Crippen LogP contribution in [0.5, 0.6) is 0 Å². The zero-order valence-corrected chi connectivity index (χ0v) is 14.5. The molecule has 7 heteroatoms. The maximum atomic E-state index is 12.4. The molecule has 0 aromatic heterocycles. The number of rotatable bonds is 5. The first-order valence-electron chi connectivity index (χ1n) is 7.91. The Morgan fingerprint density at radius 3 is 2.40 bits per heavy atom. The molecule has 0 aliphatic carbocycles. The fourth-order valence-electron chi connectivity index (χ4n) is 2.79. The Balaban J connectivity index is 1.64. The van der Waals surface area contributed by atoms with Gasteiger partial charge in [-0.3, -0.25) is 9.59 Å². The number of amides is 2. The zero-order chi connectivity index (χ0) is 18.0.